The van der Waals surface area contributed by atoms with Crippen molar-refractivity contribution in [3.8, 4) is 44.5 Å². The molecule has 2 aliphatic carbocycles. The normalized spacial score (nSPS) is 13.4. The zero-order valence-corrected chi connectivity index (χ0v) is 31.1. The highest BCUT2D eigenvalue weighted by atomic mass is 14.5. The number of hydrogen-bond donors (Lipinski definition) is 0. The number of rotatable bonds is 2. The Morgan fingerprint density at radius 1 is 0.246 bits per heavy atom. The van der Waals surface area contributed by atoms with Crippen LogP contribution in [-0.4, -0.2) is 0 Å². The van der Waals surface area contributed by atoms with Crippen LogP contribution in [0.1, 0.15) is 22.3 Å². The quantitative estimate of drug-likeness (QED) is 0.123. The molecule has 0 aromatic heterocycles. The van der Waals surface area contributed by atoms with Gasteiger partial charge in [0.25, 0.3) is 0 Å². The van der Waals surface area contributed by atoms with Crippen molar-refractivity contribution in [1.82, 2.24) is 0 Å². The minimum absolute atomic E-state index is 0.520. The van der Waals surface area contributed by atoms with Gasteiger partial charge < -0.3 is 0 Å². The molecule has 0 amide bonds. The van der Waals surface area contributed by atoms with Gasteiger partial charge in [0.2, 0.25) is 0 Å². The molecule has 0 heterocycles. The SMILES string of the molecule is c1ccc2c(c1)-c1ccccc1C21c2cc(-c3c4ccccc4cc4c3ccc3ccccc34)ccc2-c2c(-c3ccc4ccccc4c3)cc3ccccc3c21. The Hall–Kier alpha value is -7.28. The highest BCUT2D eigenvalue weighted by molar-refractivity contribution is 6.20. The third-order valence-electron chi connectivity index (χ3n) is 13.2. The van der Waals surface area contributed by atoms with Crippen molar-refractivity contribution < 1.29 is 0 Å². The van der Waals surface area contributed by atoms with Crippen molar-refractivity contribution in [2.24, 2.45) is 0 Å². The lowest BCUT2D eigenvalue weighted by Gasteiger charge is -2.32. The van der Waals surface area contributed by atoms with E-state index >= 15 is 0 Å². The van der Waals surface area contributed by atoms with E-state index in [1.165, 1.54) is 121 Å². The largest absolute Gasteiger partial charge is 0.0731 e. The van der Waals surface area contributed by atoms with Crippen molar-refractivity contribution in [2.75, 3.05) is 0 Å². The summed E-state index contributed by atoms with van der Waals surface area (Å²) < 4.78 is 0. The summed E-state index contributed by atoms with van der Waals surface area (Å²) >= 11 is 0. The fraction of sp³-hybridized carbons (Fsp3) is 0.0175. The van der Waals surface area contributed by atoms with E-state index in [2.05, 4.69) is 206 Å². The molecule has 0 nitrogen and oxygen atoms in total. The molecule has 0 N–H and O–H groups in total. The summed E-state index contributed by atoms with van der Waals surface area (Å²) in [6, 6.07) is 77.9. The molecule has 0 aliphatic heterocycles. The molecule has 0 saturated heterocycles. The molecular weight excluding hydrogens is 685 g/mol. The van der Waals surface area contributed by atoms with Gasteiger partial charge >= 0.3 is 0 Å². The average molecular weight is 719 g/mol. The molecule has 0 saturated carbocycles. The molecule has 262 valence electrons. The number of fused-ring (bicyclic) bond motifs is 17. The molecule has 0 radical (unpaired) electrons. The van der Waals surface area contributed by atoms with Crippen molar-refractivity contribution >= 4 is 53.9 Å². The second-order valence-electron chi connectivity index (χ2n) is 15.9. The first-order chi connectivity index (χ1) is 28.3. The van der Waals surface area contributed by atoms with Crippen molar-refractivity contribution in [1.29, 1.82) is 0 Å². The maximum absolute atomic E-state index is 2.57. The van der Waals surface area contributed by atoms with Crippen LogP contribution in [0.15, 0.2) is 206 Å². The van der Waals surface area contributed by atoms with Gasteiger partial charge in [0.15, 0.2) is 0 Å². The van der Waals surface area contributed by atoms with E-state index in [0.717, 1.165) is 0 Å². The summed E-state index contributed by atoms with van der Waals surface area (Å²) in [5, 5.41) is 12.8. The average Bonchev–Trinajstić information content (AvgIpc) is 3.75. The lowest BCUT2D eigenvalue weighted by molar-refractivity contribution is 0.802. The lowest BCUT2D eigenvalue weighted by Crippen LogP contribution is -2.26. The van der Waals surface area contributed by atoms with Crippen LogP contribution in [-0.2, 0) is 5.41 Å². The van der Waals surface area contributed by atoms with E-state index in [0.29, 0.717) is 0 Å². The summed E-state index contributed by atoms with van der Waals surface area (Å²) in [5.74, 6) is 0. The molecule has 0 unspecified atom stereocenters. The standard InChI is InChI=1S/C57H34/c1-2-15-37-31-40(26-25-35(37)13-1)49-32-39-17-5-8-20-44(39)56-55(49)48-30-28-41(34-53(48)57(56)51-23-11-9-21-45(51)46-22-10-12-24-52(46)57)54-43-19-7-4-16-38(43)33-50-42-18-6-3-14-36(42)27-29-47(50)54/h1-34H. The van der Waals surface area contributed by atoms with Crippen LogP contribution in [0.4, 0.5) is 0 Å². The molecule has 13 rings (SSSR count). The monoisotopic (exact) mass is 718 g/mol. The Kier molecular flexibility index (Phi) is 6.19. The Morgan fingerprint density at radius 2 is 0.825 bits per heavy atom. The molecule has 57 heavy (non-hydrogen) atoms. The maximum Gasteiger partial charge on any atom is 0.0731 e. The van der Waals surface area contributed by atoms with Gasteiger partial charge in [-0.15, -0.1) is 0 Å². The summed E-state index contributed by atoms with van der Waals surface area (Å²) in [4.78, 5) is 0. The van der Waals surface area contributed by atoms with Gasteiger partial charge in [-0.3, -0.25) is 0 Å². The van der Waals surface area contributed by atoms with Crippen LogP contribution in [0, 0.1) is 0 Å². The van der Waals surface area contributed by atoms with Gasteiger partial charge in [0.1, 0.15) is 0 Å². The predicted molar refractivity (Wildman–Crippen MR) is 241 cm³/mol. The van der Waals surface area contributed by atoms with E-state index in [4.69, 9.17) is 0 Å². The first-order valence-corrected chi connectivity index (χ1v) is 20.0. The minimum atomic E-state index is -0.520. The highest BCUT2D eigenvalue weighted by Gasteiger charge is 2.53. The zero-order chi connectivity index (χ0) is 37.2. The van der Waals surface area contributed by atoms with Crippen LogP contribution in [0.5, 0.6) is 0 Å². The second kappa shape index (κ2) is 11.4. The molecule has 2 aliphatic rings. The third-order valence-corrected chi connectivity index (χ3v) is 13.2. The zero-order valence-electron chi connectivity index (χ0n) is 31.1. The van der Waals surface area contributed by atoms with Gasteiger partial charge in [-0.2, -0.15) is 0 Å². The topological polar surface area (TPSA) is 0 Å². The molecule has 0 heteroatoms. The van der Waals surface area contributed by atoms with Crippen LogP contribution < -0.4 is 0 Å². The molecule has 0 atom stereocenters. The van der Waals surface area contributed by atoms with E-state index in [9.17, 15) is 0 Å². The summed E-state index contributed by atoms with van der Waals surface area (Å²) in [7, 11) is 0. The van der Waals surface area contributed by atoms with Crippen LogP contribution in [0.25, 0.3) is 98.4 Å². The van der Waals surface area contributed by atoms with Gasteiger partial charge in [-0.05, 0) is 145 Å². The van der Waals surface area contributed by atoms with Gasteiger partial charge in [-0.1, -0.05) is 182 Å². The Labute approximate surface area is 330 Å². The van der Waals surface area contributed by atoms with Gasteiger partial charge in [-0.25, -0.2) is 0 Å². The van der Waals surface area contributed by atoms with Crippen molar-refractivity contribution in [2.45, 2.75) is 5.41 Å². The Morgan fingerprint density at radius 3 is 1.60 bits per heavy atom. The van der Waals surface area contributed by atoms with Crippen LogP contribution in [0.3, 0.4) is 0 Å². The molecule has 11 aromatic carbocycles. The molecule has 11 aromatic rings. The van der Waals surface area contributed by atoms with Crippen molar-refractivity contribution in [3.05, 3.63) is 229 Å². The maximum atomic E-state index is 2.57. The number of hydrogen-bond acceptors (Lipinski definition) is 0. The fourth-order valence-electron chi connectivity index (χ4n) is 10.9. The van der Waals surface area contributed by atoms with Crippen LogP contribution in [0.2, 0.25) is 0 Å². The predicted octanol–water partition coefficient (Wildman–Crippen LogP) is 15.1. The lowest BCUT2D eigenvalue weighted by atomic mass is 9.68. The molecule has 0 bridgehead atoms. The van der Waals surface area contributed by atoms with Crippen LogP contribution >= 0.6 is 0 Å². The van der Waals surface area contributed by atoms with E-state index in [1.54, 1.807) is 0 Å². The molecular formula is C57H34. The van der Waals surface area contributed by atoms with Gasteiger partial charge in [0.05, 0.1) is 5.41 Å². The first kappa shape index (κ1) is 31.0. The smallest absolute Gasteiger partial charge is 0.0619 e. The Bertz CT molecular complexity index is 3480. The van der Waals surface area contributed by atoms with E-state index in [-0.39, 0.29) is 0 Å². The van der Waals surface area contributed by atoms with Crippen molar-refractivity contribution in [3.63, 3.8) is 0 Å². The Balaban J connectivity index is 1.21. The first-order valence-electron chi connectivity index (χ1n) is 20.0. The second-order valence-corrected chi connectivity index (χ2v) is 15.9. The summed E-state index contributed by atoms with van der Waals surface area (Å²) in [6.07, 6.45) is 0. The molecule has 1 spiro atoms. The van der Waals surface area contributed by atoms with E-state index < -0.39 is 5.41 Å². The summed E-state index contributed by atoms with van der Waals surface area (Å²) in [5.41, 5.74) is 15.3. The number of benzene rings is 11. The van der Waals surface area contributed by atoms with Gasteiger partial charge in [0, 0.05) is 0 Å². The minimum Gasteiger partial charge on any atom is -0.0619 e. The summed E-state index contributed by atoms with van der Waals surface area (Å²) in [6.45, 7) is 0. The third kappa shape index (κ3) is 4.07. The van der Waals surface area contributed by atoms with E-state index in [1.807, 2.05) is 0 Å². The highest BCUT2D eigenvalue weighted by Crippen LogP contribution is 2.66. The fourth-order valence-corrected chi connectivity index (χ4v) is 10.9. The molecule has 0 fully saturated rings.